The van der Waals surface area contributed by atoms with Gasteiger partial charge in [0, 0.05) is 12.6 Å². The fraction of sp³-hybridized carbons (Fsp3) is 0.636. The highest BCUT2D eigenvalue weighted by atomic mass is 16.5. The number of aromatic nitrogens is 1. The van der Waals surface area contributed by atoms with Crippen LogP contribution in [0.4, 0.5) is 0 Å². The zero-order valence-corrected chi connectivity index (χ0v) is 9.93. The van der Waals surface area contributed by atoms with Gasteiger partial charge in [-0.25, -0.2) is 4.79 Å². The summed E-state index contributed by atoms with van der Waals surface area (Å²) in [6, 6.07) is 1.42. The minimum absolute atomic E-state index is 0.0731. The number of carbonyl (C=O) groups is 1. The number of carboxylic acid groups (broad SMARTS) is 1. The Morgan fingerprint density at radius 2 is 2.29 bits per heavy atom. The van der Waals surface area contributed by atoms with Crippen LogP contribution in [0.1, 0.15) is 36.0 Å². The van der Waals surface area contributed by atoms with E-state index in [9.17, 15) is 4.79 Å². The minimum Gasteiger partial charge on any atom is -0.476 e. The van der Waals surface area contributed by atoms with E-state index < -0.39 is 5.97 Å². The maximum Gasteiger partial charge on any atom is 0.358 e. The number of hydrogen-bond donors (Lipinski definition) is 2. The first kappa shape index (κ1) is 13.7. The van der Waals surface area contributed by atoms with Crippen molar-refractivity contribution in [2.24, 2.45) is 0 Å². The van der Waals surface area contributed by atoms with E-state index in [2.05, 4.69) is 12.1 Å². The average Bonchev–Trinajstić information content (AvgIpc) is 2.75. The van der Waals surface area contributed by atoms with E-state index in [-0.39, 0.29) is 12.3 Å². The molecule has 1 heterocycles. The zero-order chi connectivity index (χ0) is 12.7. The van der Waals surface area contributed by atoms with E-state index in [0.29, 0.717) is 18.8 Å². The van der Waals surface area contributed by atoms with Crippen LogP contribution >= 0.6 is 0 Å². The van der Waals surface area contributed by atoms with Gasteiger partial charge in [0.25, 0.3) is 0 Å². The van der Waals surface area contributed by atoms with Crippen LogP contribution in [-0.4, -0.2) is 45.9 Å². The van der Waals surface area contributed by atoms with Crippen molar-refractivity contribution in [2.45, 2.75) is 26.3 Å². The second-order valence-electron chi connectivity index (χ2n) is 3.84. The summed E-state index contributed by atoms with van der Waals surface area (Å²) in [5.41, 5.74) is -0.0839. The first-order valence-corrected chi connectivity index (χ1v) is 5.69. The van der Waals surface area contributed by atoms with Crippen LogP contribution in [0.3, 0.4) is 0 Å². The number of hydrogen-bond acceptors (Lipinski definition) is 5. The van der Waals surface area contributed by atoms with Crippen LogP contribution in [0, 0.1) is 0 Å². The predicted octanol–water partition coefficient (Wildman–Crippen LogP) is 0.967. The lowest BCUT2D eigenvalue weighted by molar-refractivity contribution is 0.0685. The molecule has 0 aliphatic heterocycles. The van der Waals surface area contributed by atoms with E-state index in [1.807, 2.05) is 4.90 Å². The quantitative estimate of drug-likeness (QED) is 0.706. The van der Waals surface area contributed by atoms with Gasteiger partial charge in [-0.1, -0.05) is 18.5 Å². The molecule has 0 spiro atoms. The van der Waals surface area contributed by atoms with Gasteiger partial charge in [0.1, 0.15) is 0 Å². The molecule has 0 fully saturated rings. The number of unbranched alkanes of at least 4 members (excludes halogenated alkanes) is 1. The SMILES string of the molecule is CCCCN(CCO)Cc1cc(C(=O)O)no1. The number of rotatable bonds is 8. The highest BCUT2D eigenvalue weighted by Crippen LogP contribution is 2.08. The Balaban J connectivity index is 2.55. The minimum atomic E-state index is -1.10. The van der Waals surface area contributed by atoms with Crippen LogP contribution in [0.25, 0.3) is 0 Å². The van der Waals surface area contributed by atoms with Crippen LogP contribution in [-0.2, 0) is 6.54 Å². The smallest absolute Gasteiger partial charge is 0.358 e. The van der Waals surface area contributed by atoms with Crippen LogP contribution in [0.5, 0.6) is 0 Å². The van der Waals surface area contributed by atoms with Gasteiger partial charge in [-0.2, -0.15) is 0 Å². The van der Waals surface area contributed by atoms with Crippen molar-refractivity contribution in [1.29, 1.82) is 0 Å². The van der Waals surface area contributed by atoms with Crippen molar-refractivity contribution < 1.29 is 19.5 Å². The van der Waals surface area contributed by atoms with Crippen molar-refractivity contribution >= 4 is 5.97 Å². The topological polar surface area (TPSA) is 86.8 Å². The van der Waals surface area contributed by atoms with Gasteiger partial charge >= 0.3 is 5.97 Å². The zero-order valence-electron chi connectivity index (χ0n) is 9.93. The number of carboxylic acids is 1. The summed E-state index contributed by atoms with van der Waals surface area (Å²) in [7, 11) is 0. The average molecular weight is 242 g/mol. The van der Waals surface area contributed by atoms with Crippen LogP contribution in [0.2, 0.25) is 0 Å². The summed E-state index contributed by atoms with van der Waals surface area (Å²) in [6.07, 6.45) is 2.10. The molecular formula is C11H18N2O4. The van der Waals surface area contributed by atoms with Crippen molar-refractivity contribution in [3.63, 3.8) is 0 Å². The molecule has 0 atom stereocenters. The molecule has 2 N–H and O–H groups in total. The van der Waals surface area contributed by atoms with E-state index >= 15 is 0 Å². The lowest BCUT2D eigenvalue weighted by Crippen LogP contribution is -2.27. The molecule has 0 amide bonds. The third-order valence-corrected chi connectivity index (χ3v) is 2.40. The van der Waals surface area contributed by atoms with Gasteiger partial charge in [-0.3, -0.25) is 4.90 Å². The fourth-order valence-electron chi connectivity index (χ4n) is 1.50. The maximum atomic E-state index is 10.6. The Labute approximate surface area is 99.8 Å². The van der Waals surface area contributed by atoms with Crippen molar-refractivity contribution in [3.8, 4) is 0 Å². The fourth-order valence-corrected chi connectivity index (χ4v) is 1.50. The summed E-state index contributed by atoms with van der Waals surface area (Å²) >= 11 is 0. The molecule has 6 heteroatoms. The number of aromatic carboxylic acids is 1. The predicted molar refractivity (Wildman–Crippen MR) is 60.7 cm³/mol. The Morgan fingerprint density at radius 1 is 1.53 bits per heavy atom. The van der Waals surface area contributed by atoms with Gasteiger partial charge in [-0.05, 0) is 13.0 Å². The Kier molecular flexibility index (Phi) is 5.65. The summed E-state index contributed by atoms with van der Waals surface area (Å²) in [6.45, 7) is 4.03. The molecule has 0 unspecified atom stereocenters. The molecule has 17 heavy (non-hydrogen) atoms. The largest absolute Gasteiger partial charge is 0.476 e. The molecule has 96 valence electrons. The highest BCUT2D eigenvalue weighted by molar-refractivity contribution is 5.85. The molecule has 0 aromatic carbocycles. The molecule has 6 nitrogen and oxygen atoms in total. The van der Waals surface area contributed by atoms with Crippen LogP contribution < -0.4 is 0 Å². The number of aliphatic hydroxyl groups is 1. The van der Waals surface area contributed by atoms with Crippen molar-refractivity contribution in [3.05, 3.63) is 17.5 Å². The highest BCUT2D eigenvalue weighted by Gasteiger charge is 2.13. The van der Waals surface area contributed by atoms with Gasteiger partial charge < -0.3 is 14.7 Å². The Morgan fingerprint density at radius 3 is 2.82 bits per heavy atom. The second-order valence-corrected chi connectivity index (χ2v) is 3.84. The van der Waals surface area contributed by atoms with Gasteiger partial charge in [0.2, 0.25) is 0 Å². The third kappa shape index (κ3) is 4.54. The summed E-state index contributed by atoms with van der Waals surface area (Å²) < 4.78 is 4.93. The number of nitrogens with zero attached hydrogens (tertiary/aromatic N) is 2. The molecule has 0 aliphatic rings. The first-order chi connectivity index (χ1) is 8.17. The molecule has 1 aromatic heterocycles. The molecule has 0 aliphatic carbocycles. The Bertz CT molecular complexity index is 351. The molecule has 0 saturated heterocycles. The lowest BCUT2D eigenvalue weighted by Gasteiger charge is -2.18. The van der Waals surface area contributed by atoms with E-state index in [1.54, 1.807) is 0 Å². The molecular weight excluding hydrogens is 224 g/mol. The van der Waals surface area contributed by atoms with E-state index in [4.69, 9.17) is 14.7 Å². The third-order valence-electron chi connectivity index (χ3n) is 2.40. The molecule has 0 saturated carbocycles. The normalized spacial score (nSPS) is 11.0. The summed E-state index contributed by atoms with van der Waals surface area (Å²) in [5, 5.41) is 21.1. The summed E-state index contributed by atoms with van der Waals surface area (Å²) in [4.78, 5) is 12.6. The van der Waals surface area contributed by atoms with Gasteiger partial charge in [-0.15, -0.1) is 0 Å². The maximum absolute atomic E-state index is 10.6. The molecule has 0 radical (unpaired) electrons. The van der Waals surface area contributed by atoms with E-state index in [1.165, 1.54) is 6.07 Å². The van der Waals surface area contributed by atoms with Gasteiger partial charge in [0.05, 0.1) is 13.2 Å². The molecule has 1 aromatic rings. The van der Waals surface area contributed by atoms with Gasteiger partial charge in [0.15, 0.2) is 11.5 Å². The molecule has 0 bridgehead atoms. The van der Waals surface area contributed by atoms with E-state index in [0.717, 1.165) is 19.4 Å². The van der Waals surface area contributed by atoms with Crippen molar-refractivity contribution in [2.75, 3.05) is 19.7 Å². The van der Waals surface area contributed by atoms with Crippen LogP contribution in [0.15, 0.2) is 10.6 Å². The number of aliphatic hydroxyl groups excluding tert-OH is 1. The monoisotopic (exact) mass is 242 g/mol. The molecule has 1 rings (SSSR count). The standard InChI is InChI=1S/C11H18N2O4/c1-2-3-4-13(5-6-14)8-9-7-10(11(15)16)12-17-9/h7,14H,2-6,8H2,1H3,(H,15,16). The first-order valence-electron chi connectivity index (χ1n) is 5.69. The summed E-state index contributed by atoms with van der Waals surface area (Å²) in [5.74, 6) is -0.589. The van der Waals surface area contributed by atoms with Crippen molar-refractivity contribution in [1.82, 2.24) is 10.1 Å². The Hall–Kier alpha value is -1.40. The lowest BCUT2D eigenvalue weighted by atomic mass is 10.3. The second kappa shape index (κ2) is 7.03.